The Kier molecular flexibility index (Phi) is 7.48. The van der Waals surface area contributed by atoms with Gasteiger partial charge in [0.1, 0.15) is 23.1 Å². The summed E-state index contributed by atoms with van der Waals surface area (Å²) in [7, 11) is 0. The van der Waals surface area contributed by atoms with Crippen LogP contribution in [-0.2, 0) is 14.3 Å². The molecule has 2 rings (SSSR count). The van der Waals surface area contributed by atoms with Crippen LogP contribution in [0, 0.1) is 0 Å². The van der Waals surface area contributed by atoms with Crippen LogP contribution in [-0.4, -0.2) is 46.4 Å². The molecule has 0 radical (unpaired) electrons. The molecule has 0 saturated heterocycles. The molecule has 8 nitrogen and oxygen atoms in total. The number of hydrogen-bond donors (Lipinski definition) is 2. The predicted molar refractivity (Wildman–Crippen MR) is 98.8 cm³/mol. The van der Waals surface area contributed by atoms with E-state index < -0.39 is 0 Å². The first-order chi connectivity index (χ1) is 12.6. The van der Waals surface area contributed by atoms with Crippen molar-refractivity contribution in [2.75, 3.05) is 30.3 Å². The summed E-state index contributed by atoms with van der Waals surface area (Å²) in [6.07, 6.45) is 2.32. The number of rotatable bonds is 10. The molecule has 0 spiro atoms. The van der Waals surface area contributed by atoms with Crippen LogP contribution in [0.1, 0.15) is 26.7 Å². The number of ketones is 1. The maximum atomic E-state index is 11.4. The molecular weight excluding hydrogens is 334 g/mol. The Bertz CT molecular complexity index is 737. The summed E-state index contributed by atoms with van der Waals surface area (Å²) in [6, 6.07) is 7.22. The standard InChI is InChI=1S/C18H23N5O3/c1-3-26-17(25)8-11-21-16-12-15(20-10-7-13(2)24)22-18(23-16)14-6-4-5-9-19-14/h4-6,9,12H,3,7-8,10-11H2,1-2H3,(H2,20,21,22,23). The van der Waals surface area contributed by atoms with Gasteiger partial charge in [-0.3, -0.25) is 14.6 Å². The highest BCUT2D eigenvalue weighted by atomic mass is 16.5. The Labute approximate surface area is 152 Å². The van der Waals surface area contributed by atoms with Gasteiger partial charge < -0.3 is 15.4 Å². The minimum absolute atomic E-state index is 0.101. The molecule has 2 N–H and O–H groups in total. The topological polar surface area (TPSA) is 106 Å². The van der Waals surface area contributed by atoms with Gasteiger partial charge in [0.05, 0.1) is 13.0 Å². The van der Waals surface area contributed by atoms with Gasteiger partial charge in [-0.1, -0.05) is 6.07 Å². The van der Waals surface area contributed by atoms with Gasteiger partial charge in [0, 0.05) is 31.8 Å². The van der Waals surface area contributed by atoms with Crippen molar-refractivity contribution in [3.8, 4) is 11.5 Å². The lowest BCUT2D eigenvalue weighted by molar-refractivity contribution is -0.142. The molecule has 0 aromatic carbocycles. The van der Waals surface area contributed by atoms with Crippen LogP contribution in [0.4, 0.5) is 11.6 Å². The van der Waals surface area contributed by atoms with Gasteiger partial charge >= 0.3 is 5.97 Å². The molecule has 0 amide bonds. The Morgan fingerprint density at radius 2 is 1.77 bits per heavy atom. The Hall–Kier alpha value is -3.03. The third-order valence-corrected chi connectivity index (χ3v) is 3.34. The van der Waals surface area contributed by atoms with Crippen LogP contribution in [0.5, 0.6) is 0 Å². The average molecular weight is 357 g/mol. The van der Waals surface area contributed by atoms with E-state index in [1.165, 1.54) is 0 Å². The first kappa shape index (κ1) is 19.3. The second-order valence-corrected chi connectivity index (χ2v) is 5.54. The van der Waals surface area contributed by atoms with E-state index in [0.29, 0.717) is 49.3 Å². The summed E-state index contributed by atoms with van der Waals surface area (Å²) in [5.41, 5.74) is 0.635. The van der Waals surface area contributed by atoms with E-state index >= 15 is 0 Å². The van der Waals surface area contributed by atoms with Gasteiger partial charge in [-0.05, 0) is 26.0 Å². The molecule has 0 aliphatic heterocycles. The first-order valence-electron chi connectivity index (χ1n) is 8.51. The van der Waals surface area contributed by atoms with Crippen molar-refractivity contribution in [1.82, 2.24) is 15.0 Å². The number of nitrogens with one attached hydrogen (secondary N) is 2. The van der Waals surface area contributed by atoms with Gasteiger partial charge in [0.25, 0.3) is 0 Å². The Morgan fingerprint density at radius 3 is 2.35 bits per heavy atom. The number of ether oxygens (including phenoxy) is 1. The molecule has 26 heavy (non-hydrogen) atoms. The van der Waals surface area contributed by atoms with Crippen molar-refractivity contribution in [2.45, 2.75) is 26.7 Å². The van der Waals surface area contributed by atoms with Gasteiger partial charge in [-0.15, -0.1) is 0 Å². The maximum Gasteiger partial charge on any atom is 0.307 e. The fourth-order valence-corrected chi connectivity index (χ4v) is 2.13. The second kappa shape index (κ2) is 10.1. The quantitative estimate of drug-likeness (QED) is 0.624. The van der Waals surface area contributed by atoms with E-state index in [4.69, 9.17) is 4.74 Å². The number of carbonyl (C=O) groups excluding carboxylic acids is 2. The van der Waals surface area contributed by atoms with E-state index in [1.807, 2.05) is 18.2 Å². The van der Waals surface area contributed by atoms with Crippen molar-refractivity contribution in [3.63, 3.8) is 0 Å². The Balaban J connectivity index is 2.11. The third-order valence-electron chi connectivity index (χ3n) is 3.34. The van der Waals surface area contributed by atoms with Crippen molar-refractivity contribution in [3.05, 3.63) is 30.5 Å². The van der Waals surface area contributed by atoms with Crippen LogP contribution in [0.2, 0.25) is 0 Å². The SMILES string of the molecule is CCOC(=O)CCNc1cc(NCCC(C)=O)nc(-c2ccccn2)n1. The summed E-state index contributed by atoms with van der Waals surface area (Å²) in [5, 5.41) is 6.21. The predicted octanol–water partition coefficient (Wildman–Crippen LogP) is 2.29. The molecule has 0 fully saturated rings. The number of Topliss-reactive ketones (excluding diaryl/α,β-unsaturated/α-hetero) is 1. The summed E-state index contributed by atoms with van der Waals surface area (Å²) in [5.74, 6) is 1.44. The number of nitrogens with zero attached hydrogens (tertiary/aromatic N) is 3. The van der Waals surface area contributed by atoms with E-state index in [1.54, 1.807) is 26.1 Å². The summed E-state index contributed by atoms with van der Waals surface area (Å²) in [6.45, 7) is 4.55. The molecule has 0 atom stereocenters. The minimum atomic E-state index is -0.265. The number of pyridine rings is 1. The van der Waals surface area contributed by atoms with Crippen LogP contribution >= 0.6 is 0 Å². The summed E-state index contributed by atoms with van der Waals surface area (Å²) >= 11 is 0. The van der Waals surface area contributed by atoms with Crippen LogP contribution < -0.4 is 10.6 Å². The highest BCUT2D eigenvalue weighted by Crippen LogP contribution is 2.18. The normalized spacial score (nSPS) is 10.2. The zero-order valence-corrected chi connectivity index (χ0v) is 15.0. The van der Waals surface area contributed by atoms with E-state index in [2.05, 4.69) is 25.6 Å². The lowest BCUT2D eigenvalue weighted by Crippen LogP contribution is -2.13. The molecular formula is C18H23N5O3. The zero-order chi connectivity index (χ0) is 18.8. The minimum Gasteiger partial charge on any atom is -0.466 e. The number of anilines is 2. The lowest BCUT2D eigenvalue weighted by atomic mass is 10.3. The van der Waals surface area contributed by atoms with Crippen molar-refractivity contribution in [1.29, 1.82) is 0 Å². The number of esters is 1. The molecule has 2 heterocycles. The van der Waals surface area contributed by atoms with Crippen molar-refractivity contribution < 1.29 is 14.3 Å². The molecule has 0 unspecified atom stereocenters. The largest absolute Gasteiger partial charge is 0.466 e. The fraction of sp³-hybridized carbons (Fsp3) is 0.389. The van der Waals surface area contributed by atoms with Gasteiger partial charge in [0.2, 0.25) is 0 Å². The number of hydrogen-bond acceptors (Lipinski definition) is 8. The summed E-state index contributed by atoms with van der Waals surface area (Å²) < 4.78 is 4.91. The zero-order valence-electron chi connectivity index (χ0n) is 15.0. The van der Waals surface area contributed by atoms with Crippen LogP contribution in [0.25, 0.3) is 11.5 Å². The van der Waals surface area contributed by atoms with E-state index in [-0.39, 0.29) is 18.2 Å². The molecule has 2 aromatic rings. The van der Waals surface area contributed by atoms with E-state index in [9.17, 15) is 9.59 Å². The molecule has 0 saturated carbocycles. The van der Waals surface area contributed by atoms with Gasteiger partial charge in [-0.2, -0.15) is 0 Å². The summed E-state index contributed by atoms with van der Waals surface area (Å²) in [4.78, 5) is 35.7. The first-order valence-corrected chi connectivity index (χ1v) is 8.51. The molecule has 2 aromatic heterocycles. The lowest BCUT2D eigenvalue weighted by Gasteiger charge is -2.11. The fourth-order valence-electron chi connectivity index (χ4n) is 2.13. The molecule has 0 bridgehead atoms. The van der Waals surface area contributed by atoms with Gasteiger partial charge in [0.15, 0.2) is 5.82 Å². The monoisotopic (exact) mass is 357 g/mol. The van der Waals surface area contributed by atoms with E-state index in [0.717, 1.165) is 0 Å². The number of aromatic nitrogens is 3. The molecule has 8 heteroatoms. The molecule has 0 aliphatic carbocycles. The van der Waals surface area contributed by atoms with Crippen molar-refractivity contribution >= 4 is 23.4 Å². The number of carbonyl (C=O) groups is 2. The maximum absolute atomic E-state index is 11.4. The van der Waals surface area contributed by atoms with Crippen molar-refractivity contribution in [2.24, 2.45) is 0 Å². The second-order valence-electron chi connectivity index (χ2n) is 5.54. The Morgan fingerprint density at radius 1 is 1.08 bits per heavy atom. The van der Waals surface area contributed by atoms with Crippen LogP contribution in [0.3, 0.4) is 0 Å². The third kappa shape index (κ3) is 6.46. The molecule has 0 aliphatic rings. The smallest absolute Gasteiger partial charge is 0.307 e. The highest BCUT2D eigenvalue weighted by molar-refractivity contribution is 5.76. The average Bonchev–Trinajstić information content (AvgIpc) is 2.62. The highest BCUT2D eigenvalue weighted by Gasteiger charge is 2.09. The van der Waals surface area contributed by atoms with Gasteiger partial charge in [-0.25, -0.2) is 9.97 Å². The molecule has 138 valence electrons. The van der Waals surface area contributed by atoms with Crippen LogP contribution in [0.15, 0.2) is 30.5 Å².